The van der Waals surface area contributed by atoms with Crippen LogP contribution in [-0.4, -0.2) is 49.2 Å². The van der Waals surface area contributed by atoms with E-state index in [0.717, 1.165) is 113 Å². The molecule has 0 bridgehead atoms. The van der Waals surface area contributed by atoms with E-state index in [1.165, 1.54) is 30.5 Å². The van der Waals surface area contributed by atoms with Crippen molar-refractivity contribution in [1.29, 1.82) is 0 Å². The number of benzene rings is 14. The fourth-order valence-electron chi connectivity index (χ4n) is 15.8. The van der Waals surface area contributed by atoms with Crippen LogP contribution in [0, 0.1) is 0 Å². The van der Waals surface area contributed by atoms with Crippen LogP contribution < -0.4 is 20.7 Å². The maximum atomic E-state index is 13.1. The molecule has 8 heteroatoms. The van der Waals surface area contributed by atoms with E-state index in [0.29, 0.717) is 11.1 Å². The van der Waals surface area contributed by atoms with Gasteiger partial charge in [0.2, 0.25) is 0 Å². The molecule has 4 nitrogen and oxygen atoms in total. The van der Waals surface area contributed by atoms with Crippen molar-refractivity contribution >= 4 is 113 Å². The first-order valence-corrected chi connectivity index (χ1v) is 42.2. The van der Waals surface area contributed by atoms with E-state index in [1.54, 1.807) is 0 Å². The van der Waals surface area contributed by atoms with Crippen LogP contribution in [0.3, 0.4) is 0 Å². The van der Waals surface area contributed by atoms with Crippen molar-refractivity contribution in [1.82, 2.24) is 0 Å². The zero-order valence-corrected chi connectivity index (χ0v) is 61.2. The van der Waals surface area contributed by atoms with E-state index in [2.05, 4.69) is 345 Å². The van der Waals surface area contributed by atoms with Crippen molar-refractivity contribution in [3.8, 4) is 56.0 Å². The van der Waals surface area contributed by atoms with Gasteiger partial charge in [0.15, 0.2) is 14.4 Å². The lowest BCUT2D eigenvalue weighted by Crippen LogP contribution is -2.61. The molecule has 0 heterocycles. The van der Waals surface area contributed by atoms with Gasteiger partial charge in [-0.1, -0.05) is 321 Å². The highest BCUT2D eigenvalue weighted by molar-refractivity contribution is 8.32. The summed E-state index contributed by atoms with van der Waals surface area (Å²) in [4.78, 5) is 13.3. The molecule has 492 valence electrons. The number of hydrogen-bond donors (Lipinski definition) is 2. The van der Waals surface area contributed by atoms with Crippen molar-refractivity contribution in [2.75, 3.05) is 0 Å². The molecule has 100 heavy (non-hydrogen) atoms. The van der Waals surface area contributed by atoms with Crippen molar-refractivity contribution in [2.24, 2.45) is 9.98 Å². The van der Waals surface area contributed by atoms with Crippen molar-refractivity contribution in [3.63, 3.8) is 0 Å². The van der Waals surface area contributed by atoms with Crippen LogP contribution in [0.4, 0.5) is 0 Å². The number of rotatable bonds is 16. The van der Waals surface area contributed by atoms with E-state index in [-0.39, 0.29) is 33.7 Å². The van der Waals surface area contributed by atoms with Crippen LogP contribution in [0.1, 0.15) is 78.4 Å². The van der Waals surface area contributed by atoms with Crippen molar-refractivity contribution in [3.05, 3.63) is 314 Å². The van der Waals surface area contributed by atoms with Crippen LogP contribution in [0.25, 0.3) is 87.6 Å². The number of aromatic hydroxyl groups is 2. The Morgan fingerprint density at radius 2 is 0.620 bits per heavy atom. The SMILES string of the molecule is CC(C)(C)[Si](Sc1ccc(-c2ccc3ccccc3c2-c2c(O)c(C=N[C@@H]3CCCC[C@H]3N=Cc3cc4ccccc4c(-c4c(-c5ccc(S[Si](c6ccccc6)(c6ccccc6)C(C)(C)C)cc5)ccc5ccccc45)c3O)cc3ccccc23)cc1)(c1ccccc1)c1ccccc1. The van der Waals surface area contributed by atoms with Gasteiger partial charge in [0, 0.05) is 55.6 Å². The van der Waals surface area contributed by atoms with Gasteiger partial charge < -0.3 is 10.2 Å². The summed E-state index contributed by atoms with van der Waals surface area (Å²) in [6.07, 6.45) is 7.54. The summed E-state index contributed by atoms with van der Waals surface area (Å²) in [5.41, 5.74) is 9.11. The number of nitrogens with zero attached hydrogens (tertiary/aromatic N) is 2. The fourth-order valence-corrected chi connectivity index (χ4v) is 32.8. The van der Waals surface area contributed by atoms with Gasteiger partial charge in [-0.2, -0.15) is 0 Å². The zero-order valence-electron chi connectivity index (χ0n) is 57.6. The minimum atomic E-state index is -2.49. The predicted molar refractivity (Wildman–Crippen MR) is 436 cm³/mol. The van der Waals surface area contributed by atoms with Crippen LogP contribution in [0.5, 0.6) is 11.5 Å². The summed E-state index contributed by atoms with van der Waals surface area (Å²) in [5, 5.41) is 40.0. The standard InChI is InChI=1S/C92H82N2O2S2Si2/c1-91(2,3)99(73-33-11-7-12-34-73,74-35-13-8-14-36-74)97-71-53-47-65(48-54-71)81-57-51-63-29-19-23-41-77(63)85(81)87-79-43-25-21-31-67(79)59-69(89(87)95)61-93-83-45-27-28-46-84(83)94-62-70-60-68-32-22-26-44-80(68)88(90(70)96)86-78-42-24-20-30-64(78)52-58-82(86)66-49-55-72(56-50-66)98-100(92(4,5)6,75-37-15-9-16-38-75)76-39-17-10-18-40-76/h7-26,29-44,47-62,83-84,95-96H,27-28,45-46H2,1-6H3/t83-,84-/m1/s1. The normalized spacial score (nSPS) is 14.8. The largest absolute Gasteiger partial charge is 0.507 e. The van der Waals surface area contributed by atoms with Gasteiger partial charge in [0.1, 0.15) is 11.5 Å². The monoisotopic (exact) mass is 1370 g/mol. The Bertz CT molecular complexity index is 4950. The van der Waals surface area contributed by atoms with E-state index < -0.39 is 14.4 Å². The van der Waals surface area contributed by atoms with Crippen LogP contribution in [0.2, 0.25) is 10.1 Å². The Morgan fingerprint density at radius 1 is 0.330 bits per heavy atom. The summed E-state index contributed by atoms with van der Waals surface area (Å²) in [6, 6.07) is 110. The molecule has 0 saturated heterocycles. The average molecular weight is 1370 g/mol. The molecular formula is C92H82N2O2S2Si2. The summed E-state index contributed by atoms with van der Waals surface area (Å²) >= 11 is 4.09. The Kier molecular flexibility index (Phi) is 18.3. The van der Waals surface area contributed by atoms with Gasteiger partial charge >= 0.3 is 0 Å². The maximum absolute atomic E-state index is 13.1. The topological polar surface area (TPSA) is 65.2 Å². The van der Waals surface area contributed by atoms with Gasteiger partial charge in [0.05, 0.1) is 12.1 Å². The zero-order chi connectivity index (χ0) is 68.6. The highest BCUT2D eigenvalue weighted by Gasteiger charge is 2.50. The number of phenolic OH excluding ortho intramolecular Hbond substituents is 2. The molecule has 2 N–H and O–H groups in total. The molecule has 14 aromatic rings. The first-order chi connectivity index (χ1) is 48.7. The Balaban J connectivity index is 0.775. The second-order valence-electron chi connectivity index (χ2n) is 28.8. The van der Waals surface area contributed by atoms with Gasteiger partial charge in [-0.3, -0.25) is 9.98 Å². The van der Waals surface area contributed by atoms with E-state index in [9.17, 15) is 10.2 Å². The molecular weight excluding hydrogens is 1290 g/mol. The van der Waals surface area contributed by atoms with Crippen LogP contribution in [0.15, 0.2) is 323 Å². The van der Waals surface area contributed by atoms with Gasteiger partial charge in [0.25, 0.3) is 0 Å². The molecule has 15 rings (SSSR count). The highest BCUT2D eigenvalue weighted by Crippen LogP contribution is 2.52. The third-order valence-corrected chi connectivity index (χ3v) is 40.9. The maximum Gasteiger partial charge on any atom is 0.189 e. The summed E-state index contributed by atoms with van der Waals surface area (Å²) in [7, 11) is -4.98. The molecule has 2 atom stereocenters. The van der Waals surface area contributed by atoms with E-state index in [4.69, 9.17) is 9.98 Å². The summed E-state index contributed by atoms with van der Waals surface area (Å²) < 4.78 is 0. The molecule has 0 spiro atoms. The second kappa shape index (κ2) is 27.7. The molecule has 0 aliphatic heterocycles. The second-order valence-corrected chi connectivity index (χ2v) is 43.1. The molecule has 1 saturated carbocycles. The molecule has 0 unspecified atom stereocenters. The quantitative estimate of drug-likeness (QED) is 0.0747. The fraction of sp³-hybridized carbons (Fsp3) is 0.152. The number of hydrogen-bond acceptors (Lipinski definition) is 6. The third kappa shape index (κ3) is 12.3. The van der Waals surface area contributed by atoms with Crippen molar-refractivity contribution in [2.45, 2.75) is 99.2 Å². The lowest BCUT2D eigenvalue weighted by atomic mass is 9.86. The molecule has 0 radical (unpaired) electrons. The molecule has 1 aliphatic rings. The lowest BCUT2D eigenvalue weighted by Gasteiger charge is -2.43. The smallest absolute Gasteiger partial charge is 0.189 e. The average Bonchev–Trinajstić information content (AvgIpc) is 0.758. The first kappa shape index (κ1) is 66.1. The van der Waals surface area contributed by atoms with Gasteiger partial charge in [-0.05, 0) is 145 Å². The minimum absolute atomic E-state index is 0.0220. The van der Waals surface area contributed by atoms with Gasteiger partial charge in [-0.15, -0.1) is 22.4 Å². The van der Waals surface area contributed by atoms with E-state index >= 15 is 0 Å². The first-order valence-electron chi connectivity index (χ1n) is 35.1. The van der Waals surface area contributed by atoms with Gasteiger partial charge in [-0.25, -0.2) is 0 Å². The number of fused-ring (bicyclic) bond motifs is 4. The van der Waals surface area contributed by atoms with Crippen molar-refractivity contribution < 1.29 is 10.2 Å². The summed E-state index contributed by atoms with van der Waals surface area (Å²) in [6.45, 7) is 14.5. The Labute approximate surface area is 598 Å². The Hall–Kier alpha value is -9.81. The van der Waals surface area contributed by atoms with Crippen LogP contribution >= 0.6 is 22.4 Å². The van der Waals surface area contributed by atoms with Crippen LogP contribution in [-0.2, 0) is 0 Å². The number of aliphatic imine (C=N–C) groups is 2. The lowest BCUT2D eigenvalue weighted by molar-refractivity contribution is 0.390. The highest BCUT2D eigenvalue weighted by atomic mass is 32.4. The Morgan fingerprint density at radius 3 is 0.940 bits per heavy atom. The predicted octanol–water partition coefficient (Wildman–Crippen LogP) is 22.5. The molecule has 1 aliphatic carbocycles. The minimum Gasteiger partial charge on any atom is -0.507 e. The summed E-state index contributed by atoms with van der Waals surface area (Å²) in [5.74, 6) is 0.391. The number of phenols is 2. The molecule has 0 amide bonds. The van der Waals surface area contributed by atoms with E-state index in [1.807, 2.05) is 34.9 Å². The third-order valence-electron chi connectivity index (χ3n) is 20.7. The molecule has 1 fully saturated rings. The molecule has 14 aromatic carbocycles. The molecule has 0 aromatic heterocycles.